The van der Waals surface area contributed by atoms with Crippen LogP contribution in [0.4, 0.5) is 4.79 Å². The average molecular weight is 209 g/mol. The average Bonchev–Trinajstić information content (AvgIpc) is 2.15. The van der Waals surface area contributed by atoms with Gasteiger partial charge in [0.2, 0.25) is 0 Å². The van der Waals surface area contributed by atoms with Gasteiger partial charge in [0.05, 0.1) is 12.0 Å². The molecule has 4 N–H and O–H groups in total. The molecule has 0 aromatic heterocycles. The highest BCUT2D eigenvalue weighted by atomic mass is 16.4. The highest BCUT2D eigenvalue weighted by Gasteiger charge is 2.13. The lowest BCUT2D eigenvalue weighted by Gasteiger charge is -2.18. The molecule has 0 fully saturated rings. The van der Waals surface area contributed by atoms with Crippen LogP contribution >= 0.6 is 0 Å². The van der Waals surface area contributed by atoms with E-state index in [1.54, 1.807) is 0 Å². The highest BCUT2D eigenvalue weighted by molar-refractivity contribution is 5.81. The molecule has 0 unspecified atom stereocenters. The highest BCUT2D eigenvalue weighted by Crippen LogP contribution is 2.16. The van der Waals surface area contributed by atoms with Crippen molar-refractivity contribution in [3.63, 3.8) is 0 Å². The number of phenols is 1. The van der Waals surface area contributed by atoms with E-state index in [1.807, 2.05) is 5.32 Å². The first-order chi connectivity index (χ1) is 7.00. The van der Waals surface area contributed by atoms with Gasteiger partial charge in [-0.2, -0.15) is 0 Å². The van der Waals surface area contributed by atoms with Gasteiger partial charge in [-0.1, -0.05) is 12.1 Å². The van der Waals surface area contributed by atoms with Crippen molar-refractivity contribution in [3.05, 3.63) is 29.8 Å². The molecular formula is C9H9N2O4-. The molecule has 0 heterocycles. The summed E-state index contributed by atoms with van der Waals surface area (Å²) >= 11 is 0. The molecule has 6 heteroatoms. The normalized spacial score (nSPS) is 11.7. The second-order valence-electron chi connectivity index (χ2n) is 2.85. The third-order valence-electron chi connectivity index (χ3n) is 1.75. The zero-order valence-electron chi connectivity index (χ0n) is 7.64. The van der Waals surface area contributed by atoms with Crippen molar-refractivity contribution in [2.45, 2.75) is 6.04 Å². The van der Waals surface area contributed by atoms with Crippen molar-refractivity contribution < 1.29 is 19.8 Å². The molecule has 0 aliphatic carbocycles. The number of phenolic OH excluding ortho intramolecular Hbond substituents is 1. The Morgan fingerprint density at radius 2 is 1.87 bits per heavy atom. The maximum atomic E-state index is 10.7. The number of amides is 2. The zero-order valence-corrected chi connectivity index (χ0v) is 7.64. The Kier molecular flexibility index (Phi) is 3.12. The van der Waals surface area contributed by atoms with Gasteiger partial charge in [-0.15, -0.1) is 0 Å². The standard InChI is InChI=1S/C9H10N2O4/c10-9(15)11-7(8(13)14)5-1-3-6(12)4-2-5/h1-4,7,12H,(H,13,14)(H3,10,11,15)/p-1/t7-/m1/s1. The van der Waals surface area contributed by atoms with Crippen LogP contribution in [0, 0.1) is 0 Å². The Morgan fingerprint density at radius 3 is 2.27 bits per heavy atom. The number of carboxylic acid groups (broad SMARTS) is 1. The maximum Gasteiger partial charge on any atom is 0.312 e. The number of carboxylic acids is 1. The van der Waals surface area contributed by atoms with Crippen molar-refractivity contribution in [2.75, 3.05) is 0 Å². The molecule has 0 saturated carbocycles. The van der Waals surface area contributed by atoms with Gasteiger partial charge in [0.25, 0.3) is 0 Å². The quantitative estimate of drug-likeness (QED) is 0.582. The lowest BCUT2D eigenvalue weighted by Crippen LogP contribution is -2.43. The van der Waals surface area contributed by atoms with E-state index < -0.39 is 18.0 Å². The molecule has 1 aromatic rings. The van der Waals surface area contributed by atoms with Gasteiger partial charge in [-0.3, -0.25) is 0 Å². The number of urea groups is 1. The van der Waals surface area contributed by atoms with Gasteiger partial charge < -0.3 is 26.1 Å². The number of rotatable bonds is 3. The second-order valence-corrected chi connectivity index (χ2v) is 2.85. The van der Waals surface area contributed by atoms with Crippen molar-refractivity contribution in [3.8, 4) is 5.75 Å². The van der Waals surface area contributed by atoms with Gasteiger partial charge in [-0.25, -0.2) is 4.79 Å². The van der Waals surface area contributed by atoms with E-state index in [0.29, 0.717) is 0 Å². The van der Waals surface area contributed by atoms with Crippen molar-refractivity contribution in [1.29, 1.82) is 0 Å². The van der Waals surface area contributed by atoms with Crippen LogP contribution in [0.25, 0.3) is 0 Å². The van der Waals surface area contributed by atoms with Crippen molar-refractivity contribution in [2.24, 2.45) is 5.73 Å². The van der Waals surface area contributed by atoms with Gasteiger partial charge in [-0.05, 0) is 17.7 Å². The van der Waals surface area contributed by atoms with Crippen LogP contribution in [-0.4, -0.2) is 17.1 Å². The number of primary amides is 1. The summed E-state index contributed by atoms with van der Waals surface area (Å²) in [5.74, 6) is -1.48. The number of aromatic hydroxyl groups is 1. The minimum absolute atomic E-state index is 0.00470. The van der Waals surface area contributed by atoms with E-state index in [-0.39, 0.29) is 11.3 Å². The minimum atomic E-state index is -1.47. The molecule has 6 nitrogen and oxygen atoms in total. The van der Waals surface area contributed by atoms with E-state index >= 15 is 0 Å². The number of carbonyl (C=O) groups is 2. The summed E-state index contributed by atoms with van der Waals surface area (Å²) in [6, 6.07) is 3.03. The molecule has 80 valence electrons. The Bertz CT molecular complexity index is 374. The number of nitrogens with one attached hydrogen (secondary N) is 1. The molecule has 0 saturated heterocycles. The fraction of sp³-hybridized carbons (Fsp3) is 0.111. The molecule has 1 aromatic carbocycles. The second kappa shape index (κ2) is 4.32. The van der Waals surface area contributed by atoms with Crippen LogP contribution in [0.3, 0.4) is 0 Å². The Balaban J connectivity index is 2.94. The topological polar surface area (TPSA) is 115 Å². The van der Waals surface area contributed by atoms with Crippen LogP contribution in [0.5, 0.6) is 5.75 Å². The molecule has 0 aliphatic rings. The third kappa shape index (κ3) is 2.87. The van der Waals surface area contributed by atoms with Gasteiger partial charge in [0, 0.05) is 0 Å². The molecule has 15 heavy (non-hydrogen) atoms. The fourth-order valence-electron chi connectivity index (χ4n) is 1.09. The fourth-order valence-corrected chi connectivity index (χ4v) is 1.09. The van der Waals surface area contributed by atoms with Crippen LogP contribution in [0.2, 0.25) is 0 Å². The largest absolute Gasteiger partial charge is 0.548 e. The lowest BCUT2D eigenvalue weighted by atomic mass is 10.1. The molecule has 2 amide bonds. The Morgan fingerprint density at radius 1 is 1.33 bits per heavy atom. The van der Waals surface area contributed by atoms with Crippen LogP contribution in [0.1, 0.15) is 11.6 Å². The summed E-state index contributed by atoms with van der Waals surface area (Å²) in [4.78, 5) is 21.2. The molecule has 0 spiro atoms. The number of hydrogen-bond acceptors (Lipinski definition) is 4. The number of hydrogen-bond donors (Lipinski definition) is 3. The smallest absolute Gasteiger partial charge is 0.312 e. The monoisotopic (exact) mass is 209 g/mol. The molecule has 1 rings (SSSR count). The number of aliphatic carboxylic acids is 1. The van der Waals surface area contributed by atoms with E-state index in [0.717, 1.165) is 0 Å². The SMILES string of the molecule is NC(=O)N[C@@H](C(=O)[O-])c1ccc(O)cc1. The summed E-state index contributed by atoms with van der Waals surface area (Å²) in [5.41, 5.74) is 5.08. The summed E-state index contributed by atoms with van der Waals surface area (Å²) < 4.78 is 0. The summed E-state index contributed by atoms with van der Waals surface area (Å²) in [6.45, 7) is 0. The molecule has 1 atom stereocenters. The number of nitrogens with two attached hydrogens (primary N) is 1. The summed E-state index contributed by atoms with van der Waals surface area (Å²) in [6.07, 6.45) is 0. The van der Waals surface area contributed by atoms with Crippen LogP contribution in [0.15, 0.2) is 24.3 Å². The zero-order chi connectivity index (χ0) is 11.4. The van der Waals surface area contributed by atoms with Gasteiger partial charge in [0.1, 0.15) is 5.75 Å². The van der Waals surface area contributed by atoms with Gasteiger partial charge in [0.15, 0.2) is 0 Å². The summed E-state index contributed by atoms with van der Waals surface area (Å²) in [7, 11) is 0. The van der Waals surface area contributed by atoms with Crippen LogP contribution < -0.4 is 16.2 Å². The first-order valence-electron chi connectivity index (χ1n) is 4.06. The number of benzene rings is 1. The minimum Gasteiger partial charge on any atom is -0.548 e. The predicted molar refractivity (Wildman–Crippen MR) is 48.6 cm³/mol. The van der Waals surface area contributed by atoms with E-state index in [9.17, 15) is 14.7 Å². The predicted octanol–water partition coefficient (Wildman–Crippen LogP) is -1.15. The first kappa shape index (κ1) is 10.8. The third-order valence-corrected chi connectivity index (χ3v) is 1.75. The maximum absolute atomic E-state index is 10.7. The van der Waals surface area contributed by atoms with Crippen LogP contribution in [-0.2, 0) is 4.79 Å². The number of carbonyl (C=O) groups excluding carboxylic acids is 2. The Hall–Kier alpha value is -2.24. The van der Waals surface area contributed by atoms with Crippen molar-refractivity contribution in [1.82, 2.24) is 5.32 Å². The Labute approximate surface area is 85.3 Å². The first-order valence-corrected chi connectivity index (χ1v) is 4.06. The van der Waals surface area contributed by atoms with E-state index in [1.165, 1.54) is 24.3 Å². The lowest BCUT2D eigenvalue weighted by molar-refractivity contribution is -0.308. The van der Waals surface area contributed by atoms with Gasteiger partial charge >= 0.3 is 6.03 Å². The van der Waals surface area contributed by atoms with E-state index in [4.69, 9.17) is 10.8 Å². The molecular weight excluding hydrogens is 200 g/mol. The molecule has 0 bridgehead atoms. The molecule has 0 aliphatic heterocycles. The molecule has 0 radical (unpaired) electrons. The summed E-state index contributed by atoms with van der Waals surface area (Å²) in [5, 5.41) is 21.7. The van der Waals surface area contributed by atoms with E-state index in [2.05, 4.69) is 0 Å². The van der Waals surface area contributed by atoms with Crippen molar-refractivity contribution >= 4 is 12.0 Å².